The van der Waals surface area contributed by atoms with Crippen LogP contribution in [-0.2, 0) is 6.54 Å². The molecule has 3 nitrogen and oxygen atoms in total. The largest absolute Gasteiger partial charge is 0.303 e. The Balaban J connectivity index is 2.05. The predicted octanol–water partition coefficient (Wildman–Crippen LogP) is 4.40. The maximum atomic E-state index is 4.60. The van der Waals surface area contributed by atoms with E-state index in [9.17, 15) is 0 Å². The molecule has 1 unspecified atom stereocenters. The Kier molecular flexibility index (Phi) is 4.66. The molecule has 0 bridgehead atoms. The Morgan fingerprint density at radius 1 is 1.30 bits per heavy atom. The third-order valence-corrected chi connectivity index (χ3v) is 4.31. The maximum Gasteiger partial charge on any atom is 0.0762 e. The van der Waals surface area contributed by atoms with Crippen LogP contribution in [0.2, 0.25) is 0 Å². The minimum absolute atomic E-state index is 0.186. The summed E-state index contributed by atoms with van der Waals surface area (Å²) >= 11 is 1.82. The Morgan fingerprint density at radius 2 is 2.05 bits per heavy atom. The molecule has 0 spiro atoms. The lowest BCUT2D eigenvalue weighted by molar-refractivity contribution is 0.273. The summed E-state index contributed by atoms with van der Waals surface area (Å²) in [5.41, 5.74) is 1.29. The third-order valence-electron chi connectivity index (χ3n) is 3.37. The number of rotatable bonds is 5. The summed E-state index contributed by atoms with van der Waals surface area (Å²) in [6.45, 7) is 11.9. The Labute approximate surface area is 126 Å². The number of aromatic nitrogens is 2. The highest BCUT2D eigenvalue weighted by Gasteiger charge is 2.26. The molecule has 110 valence electrons. The number of hydrogen-bond acceptors (Lipinski definition) is 3. The van der Waals surface area contributed by atoms with Crippen molar-refractivity contribution < 1.29 is 0 Å². The number of nitrogens with one attached hydrogen (secondary N) is 1. The molecule has 2 aromatic heterocycles. The molecule has 0 aliphatic carbocycles. The molecular weight excluding hydrogens is 266 g/mol. The van der Waals surface area contributed by atoms with E-state index in [0.29, 0.717) is 12.1 Å². The molecule has 0 fully saturated rings. The molecule has 2 rings (SSSR count). The van der Waals surface area contributed by atoms with Gasteiger partial charge in [0.1, 0.15) is 0 Å². The van der Waals surface area contributed by atoms with Crippen LogP contribution in [0.3, 0.4) is 0 Å². The smallest absolute Gasteiger partial charge is 0.0762 e. The van der Waals surface area contributed by atoms with Crippen LogP contribution in [0.15, 0.2) is 29.8 Å². The van der Waals surface area contributed by atoms with Gasteiger partial charge in [-0.3, -0.25) is 4.68 Å². The van der Waals surface area contributed by atoms with Crippen molar-refractivity contribution in [2.24, 2.45) is 5.41 Å². The van der Waals surface area contributed by atoms with Gasteiger partial charge in [-0.15, -0.1) is 11.3 Å². The first kappa shape index (κ1) is 15.3. The molecule has 1 N–H and O–H groups in total. The highest BCUT2D eigenvalue weighted by molar-refractivity contribution is 7.10. The summed E-state index contributed by atoms with van der Waals surface area (Å²) in [4.78, 5) is 1.39. The van der Waals surface area contributed by atoms with Crippen LogP contribution in [0, 0.1) is 5.41 Å². The van der Waals surface area contributed by atoms with E-state index >= 15 is 0 Å². The van der Waals surface area contributed by atoms with Crippen molar-refractivity contribution in [2.45, 2.75) is 53.2 Å². The minimum Gasteiger partial charge on any atom is -0.303 e. The first-order valence-electron chi connectivity index (χ1n) is 7.19. The fourth-order valence-corrected chi connectivity index (χ4v) is 3.30. The topological polar surface area (TPSA) is 29.9 Å². The first-order valence-corrected chi connectivity index (χ1v) is 8.06. The lowest BCUT2D eigenvalue weighted by Gasteiger charge is -2.30. The van der Waals surface area contributed by atoms with Crippen molar-refractivity contribution in [2.75, 3.05) is 0 Å². The Morgan fingerprint density at radius 3 is 2.55 bits per heavy atom. The lowest BCUT2D eigenvalue weighted by atomic mass is 9.86. The Hall–Kier alpha value is -1.13. The normalized spacial score (nSPS) is 13.9. The van der Waals surface area contributed by atoms with Crippen LogP contribution in [0.4, 0.5) is 0 Å². The third kappa shape index (κ3) is 3.70. The molecule has 2 heterocycles. The Bertz CT molecular complexity index is 520. The van der Waals surface area contributed by atoms with Gasteiger partial charge in [-0.2, -0.15) is 5.10 Å². The maximum absolute atomic E-state index is 4.60. The fraction of sp³-hybridized carbons (Fsp3) is 0.562. The summed E-state index contributed by atoms with van der Waals surface area (Å²) < 4.78 is 2.01. The average Bonchev–Trinajstić information content (AvgIpc) is 2.97. The van der Waals surface area contributed by atoms with Gasteiger partial charge < -0.3 is 5.32 Å². The summed E-state index contributed by atoms with van der Waals surface area (Å²) in [5.74, 6) is 0. The van der Waals surface area contributed by atoms with E-state index in [-0.39, 0.29) is 5.41 Å². The van der Waals surface area contributed by atoms with Crippen LogP contribution in [0.5, 0.6) is 0 Å². The van der Waals surface area contributed by atoms with Crippen LogP contribution in [0.25, 0.3) is 0 Å². The molecule has 0 aromatic carbocycles. The fourth-order valence-electron chi connectivity index (χ4n) is 2.25. The van der Waals surface area contributed by atoms with Gasteiger partial charge in [0.25, 0.3) is 0 Å². The monoisotopic (exact) mass is 291 g/mol. The molecule has 0 radical (unpaired) electrons. The van der Waals surface area contributed by atoms with E-state index in [1.54, 1.807) is 0 Å². The highest BCUT2D eigenvalue weighted by atomic mass is 32.1. The van der Waals surface area contributed by atoms with Crippen LogP contribution in [-0.4, -0.2) is 9.78 Å². The van der Waals surface area contributed by atoms with Crippen molar-refractivity contribution in [1.29, 1.82) is 0 Å². The summed E-state index contributed by atoms with van der Waals surface area (Å²) in [7, 11) is 0. The SMILES string of the molecule is CC(C)n1ccc(CNC(c2cccs2)C(C)(C)C)n1. The zero-order valence-electron chi connectivity index (χ0n) is 13.1. The first-order chi connectivity index (χ1) is 9.38. The van der Waals surface area contributed by atoms with Crippen LogP contribution >= 0.6 is 11.3 Å². The van der Waals surface area contributed by atoms with Crippen molar-refractivity contribution in [3.8, 4) is 0 Å². The van der Waals surface area contributed by atoms with Crippen molar-refractivity contribution in [3.63, 3.8) is 0 Å². The van der Waals surface area contributed by atoms with E-state index < -0.39 is 0 Å². The van der Waals surface area contributed by atoms with Gasteiger partial charge in [-0.05, 0) is 36.8 Å². The van der Waals surface area contributed by atoms with Gasteiger partial charge in [0, 0.05) is 29.7 Å². The van der Waals surface area contributed by atoms with Crippen molar-refractivity contribution >= 4 is 11.3 Å². The zero-order valence-corrected chi connectivity index (χ0v) is 13.9. The van der Waals surface area contributed by atoms with Crippen LogP contribution < -0.4 is 5.32 Å². The summed E-state index contributed by atoms with van der Waals surface area (Å²) in [6, 6.07) is 7.20. The van der Waals surface area contributed by atoms with E-state index in [4.69, 9.17) is 0 Å². The summed E-state index contributed by atoms with van der Waals surface area (Å²) in [5, 5.41) is 10.4. The van der Waals surface area contributed by atoms with Crippen molar-refractivity contribution in [1.82, 2.24) is 15.1 Å². The second kappa shape index (κ2) is 6.10. The van der Waals surface area contributed by atoms with Crippen molar-refractivity contribution in [3.05, 3.63) is 40.3 Å². The molecule has 2 aromatic rings. The molecule has 0 saturated heterocycles. The molecule has 20 heavy (non-hydrogen) atoms. The minimum atomic E-state index is 0.186. The standard InChI is InChI=1S/C16H25N3S/c1-12(2)19-9-8-13(18-19)11-17-15(16(3,4)5)14-7-6-10-20-14/h6-10,12,15,17H,11H2,1-5H3. The molecule has 0 saturated carbocycles. The van der Waals surface area contributed by atoms with E-state index in [1.807, 2.05) is 16.0 Å². The van der Waals surface area contributed by atoms with E-state index in [0.717, 1.165) is 12.2 Å². The lowest BCUT2D eigenvalue weighted by Crippen LogP contribution is -2.31. The molecule has 0 amide bonds. The van der Waals surface area contributed by atoms with Gasteiger partial charge >= 0.3 is 0 Å². The second-order valence-corrected chi connectivity index (χ2v) is 7.56. The number of hydrogen-bond donors (Lipinski definition) is 1. The van der Waals surface area contributed by atoms with E-state index in [2.05, 4.69) is 74.8 Å². The average molecular weight is 291 g/mol. The molecule has 1 atom stereocenters. The van der Waals surface area contributed by atoms with E-state index in [1.165, 1.54) is 4.88 Å². The number of nitrogens with zero attached hydrogens (tertiary/aromatic N) is 2. The second-order valence-electron chi connectivity index (χ2n) is 6.58. The summed E-state index contributed by atoms with van der Waals surface area (Å²) in [6.07, 6.45) is 2.05. The number of thiophene rings is 1. The zero-order chi connectivity index (χ0) is 14.8. The van der Waals surface area contributed by atoms with Gasteiger partial charge in [0.15, 0.2) is 0 Å². The quantitative estimate of drug-likeness (QED) is 0.884. The van der Waals surface area contributed by atoms with Crippen LogP contribution in [0.1, 0.15) is 57.3 Å². The predicted molar refractivity (Wildman–Crippen MR) is 86.0 cm³/mol. The van der Waals surface area contributed by atoms with Gasteiger partial charge in [0.05, 0.1) is 5.69 Å². The molecular formula is C16H25N3S. The molecule has 0 aliphatic heterocycles. The highest BCUT2D eigenvalue weighted by Crippen LogP contribution is 2.35. The van der Waals surface area contributed by atoms with Gasteiger partial charge in [-0.25, -0.2) is 0 Å². The molecule has 4 heteroatoms. The molecule has 0 aliphatic rings. The van der Waals surface area contributed by atoms with Gasteiger partial charge in [0.2, 0.25) is 0 Å². The van der Waals surface area contributed by atoms with Gasteiger partial charge in [-0.1, -0.05) is 26.8 Å².